The van der Waals surface area contributed by atoms with Crippen LogP contribution in [0.25, 0.3) is 22.3 Å². The molecule has 1 saturated heterocycles. The number of morpholine rings is 1. The van der Waals surface area contributed by atoms with E-state index >= 15 is 0 Å². The van der Waals surface area contributed by atoms with Gasteiger partial charge in [-0.25, -0.2) is 4.98 Å². The lowest BCUT2D eigenvalue weighted by atomic mass is 10.0. The fourth-order valence-corrected chi connectivity index (χ4v) is 3.31. The van der Waals surface area contributed by atoms with Crippen LogP contribution in [-0.2, 0) is 11.8 Å². The Hall–Kier alpha value is -2.73. The second-order valence-electron chi connectivity index (χ2n) is 6.23. The summed E-state index contributed by atoms with van der Waals surface area (Å²) in [4.78, 5) is 19.8. The van der Waals surface area contributed by atoms with Crippen molar-refractivity contribution in [3.63, 3.8) is 0 Å². The molecule has 3 heterocycles. The first-order chi connectivity index (χ1) is 12.1. The number of fused-ring (bicyclic) bond motifs is 1. The van der Waals surface area contributed by atoms with E-state index in [0.29, 0.717) is 31.9 Å². The molecule has 0 radical (unpaired) electrons. The van der Waals surface area contributed by atoms with E-state index in [-0.39, 0.29) is 5.91 Å². The molecule has 1 aromatic carbocycles. The van der Waals surface area contributed by atoms with Crippen molar-refractivity contribution in [3.05, 3.63) is 47.7 Å². The largest absolute Gasteiger partial charge is 0.378 e. The summed E-state index contributed by atoms with van der Waals surface area (Å²) < 4.78 is 7.11. The summed E-state index contributed by atoms with van der Waals surface area (Å²) in [5.74, 6) is 0.0176. The minimum absolute atomic E-state index is 0.0176. The highest BCUT2D eigenvalue weighted by atomic mass is 16.5. The quantitative estimate of drug-likeness (QED) is 0.721. The Labute approximate surface area is 146 Å². The highest BCUT2D eigenvalue weighted by molar-refractivity contribution is 6.07. The van der Waals surface area contributed by atoms with E-state index in [9.17, 15) is 4.79 Å². The van der Waals surface area contributed by atoms with Crippen LogP contribution in [0.3, 0.4) is 0 Å². The highest BCUT2D eigenvalue weighted by Gasteiger charge is 2.24. The van der Waals surface area contributed by atoms with Gasteiger partial charge in [0.25, 0.3) is 5.91 Å². The van der Waals surface area contributed by atoms with Crippen molar-refractivity contribution >= 4 is 16.9 Å². The number of carbonyl (C=O) groups is 1. The summed E-state index contributed by atoms with van der Waals surface area (Å²) in [6.45, 7) is 4.31. The topological polar surface area (TPSA) is 60.2 Å². The molecule has 0 atom stereocenters. The molecule has 3 aromatic rings. The van der Waals surface area contributed by atoms with Crippen LogP contribution in [0.1, 0.15) is 16.1 Å². The van der Waals surface area contributed by atoms with Crippen LogP contribution in [0.2, 0.25) is 0 Å². The predicted molar refractivity (Wildman–Crippen MR) is 95.4 cm³/mol. The molecular formula is C19H20N4O2. The Morgan fingerprint density at radius 2 is 1.88 bits per heavy atom. The number of carbonyl (C=O) groups excluding carboxylic acids is 1. The summed E-state index contributed by atoms with van der Waals surface area (Å²) in [6.07, 6.45) is 0. The van der Waals surface area contributed by atoms with Gasteiger partial charge in [0.2, 0.25) is 0 Å². The van der Waals surface area contributed by atoms with Gasteiger partial charge in [-0.3, -0.25) is 9.48 Å². The first-order valence-corrected chi connectivity index (χ1v) is 8.42. The Bertz CT molecular complexity index is 927. The monoisotopic (exact) mass is 336 g/mol. The second kappa shape index (κ2) is 6.29. The van der Waals surface area contributed by atoms with Crippen LogP contribution in [0.5, 0.6) is 0 Å². The smallest absolute Gasteiger partial charge is 0.254 e. The van der Waals surface area contributed by atoms with E-state index in [1.165, 1.54) is 0 Å². The lowest BCUT2D eigenvalue weighted by Gasteiger charge is -2.27. The van der Waals surface area contributed by atoms with Crippen LogP contribution in [0.15, 0.2) is 36.4 Å². The van der Waals surface area contributed by atoms with Gasteiger partial charge < -0.3 is 9.64 Å². The average Bonchev–Trinajstić information content (AvgIpc) is 2.96. The van der Waals surface area contributed by atoms with Crippen molar-refractivity contribution in [2.24, 2.45) is 7.05 Å². The van der Waals surface area contributed by atoms with Gasteiger partial charge in [-0.1, -0.05) is 30.3 Å². The standard InChI is InChI=1S/C19H20N4O2/c1-13-17-15(19(24)23-8-10-25-11-9-23)12-16(14-6-4-3-5-7-14)20-18(17)22(2)21-13/h3-7,12H,8-11H2,1-2H3. The number of nitrogens with zero attached hydrogens (tertiary/aromatic N) is 4. The molecule has 2 aromatic heterocycles. The van der Waals surface area contributed by atoms with E-state index in [2.05, 4.69) is 5.10 Å². The average molecular weight is 336 g/mol. The molecule has 6 nitrogen and oxygen atoms in total. The van der Waals surface area contributed by atoms with Gasteiger partial charge in [0.05, 0.1) is 35.6 Å². The fourth-order valence-electron chi connectivity index (χ4n) is 3.31. The maximum absolute atomic E-state index is 13.2. The van der Waals surface area contributed by atoms with Crippen molar-refractivity contribution in [1.29, 1.82) is 0 Å². The van der Waals surface area contributed by atoms with Crippen molar-refractivity contribution in [3.8, 4) is 11.3 Å². The second-order valence-corrected chi connectivity index (χ2v) is 6.23. The van der Waals surface area contributed by atoms with Crippen molar-refractivity contribution in [2.75, 3.05) is 26.3 Å². The van der Waals surface area contributed by atoms with Crippen molar-refractivity contribution in [2.45, 2.75) is 6.92 Å². The van der Waals surface area contributed by atoms with Crippen LogP contribution < -0.4 is 0 Å². The van der Waals surface area contributed by atoms with Crippen LogP contribution >= 0.6 is 0 Å². The molecule has 0 bridgehead atoms. The molecule has 0 spiro atoms. The third kappa shape index (κ3) is 2.78. The lowest BCUT2D eigenvalue weighted by Crippen LogP contribution is -2.40. The molecule has 1 aliphatic heterocycles. The summed E-state index contributed by atoms with van der Waals surface area (Å²) in [7, 11) is 1.86. The van der Waals surface area contributed by atoms with Crippen molar-refractivity contribution in [1.82, 2.24) is 19.7 Å². The number of pyridine rings is 1. The van der Waals surface area contributed by atoms with Gasteiger partial charge in [0.1, 0.15) is 0 Å². The zero-order chi connectivity index (χ0) is 17.4. The normalized spacial score (nSPS) is 14.9. The number of ether oxygens (including phenoxy) is 1. The first kappa shape index (κ1) is 15.8. The Morgan fingerprint density at radius 3 is 2.60 bits per heavy atom. The third-order valence-corrected chi connectivity index (χ3v) is 4.57. The molecule has 1 aliphatic rings. The maximum Gasteiger partial charge on any atom is 0.254 e. The Morgan fingerprint density at radius 1 is 1.16 bits per heavy atom. The number of amides is 1. The number of hydrogen-bond donors (Lipinski definition) is 0. The van der Waals surface area contributed by atoms with Crippen LogP contribution in [-0.4, -0.2) is 51.9 Å². The Balaban J connectivity index is 1.90. The van der Waals surface area contributed by atoms with Gasteiger partial charge >= 0.3 is 0 Å². The summed E-state index contributed by atoms with van der Waals surface area (Å²) in [5, 5.41) is 5.30. The molecule has 128 valence electrons. The number of aromatic nitrogens is 3. The molecule has 0 saturated carbocycles. The number of rotatable bonds is 2. The highest BCUT2D eigenvalue weighted by Crippen LogP contribution is 2.27. The summed E-state index contributed by atoms with van der Waals surface area (Å²) in [6, 6.07) is 11.8. The zero-order valence-electron chi connectivity index (χ0n) is 14.4. The molecule has 0 N–H and O–H groups in total. The first-order valence-electron chi connectivity index (χ1n) is 8.42. The van der Waals surface area contributed by atoms with Crippen LogP contribution in [0, 0.1) is 6.92 Å². The molecule has 0 aliphatic carbocycles. The number of aryl methyl sites for hydroxylation is 2. The zero-order valence-corrected chi connectivity index (χ0v) is 14.4. The van der Waals surface area contributed by atoms with E-state index in [4.69, 9.17) is 9.72 Å². The van der Waals surface area contributed by atoms with Gasteiger partial charge in [0.15, 0.2) is 5.65 Å². The van der Waals surface area contributed by atoms with Gasteiger partial charge in [-0.15, -0.1) is 0 Å². The molecule has 1 fully saturated rings. The SMILES string of the molecule is Cc1nn(C)c2nc(-c3ccccc3)cc(C(=O)N3CCOCC3)c12. The summed E-state index contributed by atoms with van der Waals surface area (Å²) >= 11 is 0. The Kier molecular flexibility index (Phi) is 3.97. The van der Waals surface area contributed by atoms with Gasteiger partial charge in [-0.05, 0) is 13.0 Å². The van der Waals surface area contributed by atoms with E-state index in [0.717, 1.165) is 28.0 Å². The van der Waals surface area contributed by atoms with Crippen LogP contribution in [0.4, 0.5) is 0 Å². The molecular weight excluding hydrogens is 316 g/mol. The third-order valence-electron chi connectivity index (χ3n) is 4.57. The molecule has 0 unspecified atom stereocenters. The maximum atomic E-state index is 13.2. The fraction of sp³-hybridized carbons (Fsp3) is 0.316. The summed E-state index contributed by atoms with van der Waals surface area (Å²) in [5.41, 5.74) is 3.99. The van der Waals surface area contributed by atoms with E-state index < -0.39 is 0 Å². The molecule has 4 rings (SSSR count). The van der Waals surface area contributed by atoms with Crippen molar-refractivity contribution < 1.29 is 9.53 Å². The van der Waals surface area contributed by atoms with Gasteiger partial charge in [-0.2, -0.15) is 5.10 Å². The number of hydrogen-bond acceptors (Lipinski definition) is 4. The number of benzene rings is 1. The molecule has 1 amide bonds. The van der Waals surface area contributed by atoms with Gasteiger partial charge in [0, 0.05) is 25.7 Å². The van der Waals surface area contributed by atoms with E-state index in [1.54, 1.807) is 4.68 Å². The molecule has 6 heteroatoms. The predicted octanol–water partition coefficient (Wildman–Crippen LogP) is 2.42. The minimum Gasteiger partial charge on any atom is -0.378 e. The lowest BCUT2D eigenvalue weighted by molar-refractivity contribution is 0.0304. The van der Waals surface area contributed by atoms with E-state index in [1.807, 2.05) is 55.3 Å². The minimum atomic E-state index is 0.0176. The molecule has 25 heavy (non-hydrogen) atoms.